The van der Waals surface area contributed by atoms with Crippen molar-refractivity contribution >= 4 is 17.3 Å². The fourth-order valence-electron chi connectivity index (χ4n) is 1.88. The van der Waals surface area contributed by atoms with E-state index in [-0.39, 0.29) is 11.4 Å². The number of nitro groups is 1. The average molecular weight is 311 g/mol. The molecule has 23 heavy (non-hydrogen) atoms. The van der Waals surface area contributed by atoms with E-state index in [4.69, 9.17) is 10.00 Å². The van der Waals surface area contributed by atoms with Crippen LogP contribution in [0.2, 0.25) is 0 Å². The quantitative estimate of drug-likeness (QED) is 0.675. The van der Waals surface area contributed by atoms with Crippen LogP contribution in [0.1, 0.15) is 12.5 Å². The summed E-state index contributed by atoms with van der Waals surface area (Å²) in [5.74, 6) is -0.500. The van der Waals surface area contributed by atoms with Crippen molar-refractivity contribution in [2.24, 2.45) is 0 Å². The number of hydrogen-bond donors (Lipinski definition) is 1. The Labute approximate surface area is 132 Å². The van der Waals surface area contributed by atoms with E-state index in [1.165, 1.54) is 25.1 Å². The van der Waals surface area contributed by atoms with Gasteiger partial charge >= 0.3 is 5.69 Å². The van der Waals surface area contributed by atoms with Gasteiger partial charge in [0, 0.05) is 6.07 Å². The minimum Gasteiger partial charge on any atom is -0.474 e. The Morgan fingerprint density at radius 2 is 1.91 bits per heavy atom. The summed E-state index contributed by atoms with van der Waals surface area (Å²) in [4.78, 5) is 22.5. The van der Waals surface area contributed by atoms with Gasteiger partial charge in [-0.2, -0.15) is 5.26 Å². The molecule has 2 rings (SSSR count). The Morgan fingerprint density at radius 1 is 1.26 bits per heavy atom. The molecule has 7 heteroatoms. The van der Waals surface area contributed by atoms with Crippen molar-refractivity contribution in [3.63, 3.8) is 0 Å². The number of nitriles is 1. The highest BCUT2D eigenvalue weighted by atomic mass is 16.6. The summed E-state index contributed by atoms with van der Waals surface area (Å²) in [6, 6.07) is 14.3. The number of carbonyl (C=O) groups excluding carboxylic acids is 1. The van der Waals surface area contributed by atoms with E-state index in [1.54, 1.807) is 30.3 Å². The van der Waals surface area contributed by atoms with Crippen molar-refractivity contribution in [2.75, 3.05) is 5.32 Å². The fourth-order valence-corrected chi connectivity index (χ4v) is 1.88. The average Bonchev–Trinajstić information content (AvgIpc) is 2.55. The van der Waals surface area contributed by atoms with Crippen LogP contribution in [-0.4, -0.2) is 16.9 Å². The highest BCUT2D eigenvalue weighted by Gasteiger charge is 2.21. The molecule has 0 aliphatic heterocycles. The number of rotatable bonds is 5. The van der Waals surface area contributed by atoms with Crippen molar-refractivity contribution < 1.29 is 14.5 Å². The monoisotopic (exact) mass is 311 g/mol. The molecule has 0 aliphatic carbocycles. The third-order valence-electron chi connectivity index (χ3n) is 3.04. The second-order valence-electron chi connectivity index (χ2n) is 4.63. The lowest BCUT2D eigenvalue weighted by molar-refractivity contribution is -0.386. The Balaban J connectivity index is 2.12. The lowest BCUT2D eigenvalue weighted by Crippen LogP contribution is -2.30. The van der Waals surface area contributed by atoms with Crippen molar-refractivity contribution in [3.8, 4) is 11.8 Å². The van der Waals surface area contributed by atoms with Crippen LogP contribution in [0.5, 0.6) is 5.75 Å². The van der Waals surface area contributed by atoms with E-state index in [9.17, 15) is 14.9 Å². The van der Waals surface area contributed by atoms with Gasteiger partial charge in [0.2, 0.25) is 0 Å². The molecule has 0 aromatic heterocycles. The maximum absolute atomic E-state index is 12.2. The molecule has 0 saturated carbocycles. The maximum Gasteiger partial charge on any atom is 0.310 e. The molecule has 0 fully saturated rings. The number of para-hydroxylation sites is 3. The van der Waals surface area contributed by atoms with Crippen LogP contribution < -0.4 is 10.1 Å². The standard InChI is InChI=1S/C16H13N3O4/c1-11(23-15-9-5-4-8-14(15)19(21)22)16(20)18-13-7-3-2-6-12(13)10-17/h2-9,11H,1H3,(H,18,20). The van der Waals surface area contributed by atoms with Crippen LogP contribution >= 0.6 is 0 Å². The van der Waals surface area contributed by atoms with Gasteiger partial charge in [0.1, 0.15) is 6.07 Å². The molecule has 0 heterocycles. The van der Waals surface area contributed by atoms with Gasteiger partial charge in [-0.3, -0.25) is 14.9 Å². The molecule has 0 radical (unpaired) electrons. The highest BCUT2D eigenvalue weighted by molar-refractivity contribution is 5.95. The summed E-state index contributed by atoms with van der Waals surface area (Å²) < 4.78 is 5.38. The Kier molecular flexibility index (Phi) is 4.89. The Bertz CT molecular complexity index is 783. The number of amides is 1. The molecule has 7 nitrogen and oxygen atoms in total. The predicted octanol–water partition coefficient (Wildman–Crippen LogP) is 2.87. The zero-order chi connectivity index (χ0) is 16.8. The minimum atomic E-state index is -0.970. The molecule has 2 aromatic rings. The third-order valence-corrected chi connectivity index (χ3v) is 3.04. The molecule has 1 atom stereocenters. The first kappa shape index (κ1) is 16.0. The zero-order valence-electron chi connectivity index (χ0n) is 12.2. The molecule has 1 N–H and O–H groups in total. The topological polar surface area (TPSA) is 105 Å². The largest absolute Gasteiger partial charge is 0.474 e. The van der Waals surface area contributed by atoms with Gasteiger partial charge < -0.3 is 10.1 Å². The number of hydrogen-bond acceptors (Lipinski definition) is 5. The van der Waals surface area contributed by atoms with E-state index in [1.807, 2.05) is 6.07 Å². The fraction of sp³-hybridized carbons (Fsp3) is 0.125. The van der Waals surface area contributed by atoms with Gasteiger partial charge in [0.05, 0.1) is 16.2 Å². The molecule has 2 aromatic carbocycles. The Morgan fingerprint density at radius 3 is 2.61 bits per heavy atom. The molecule has 116 valence electrons. The van der Waals surface area contributed by atoms with Crippen LogP contribution in [0.25, 0.3) is 0 Å². The summed E-state index contributed by atoms with van der Waals surface area (Å²) in [6.45, 7) is 1.47. The molecule has 0 saturated heterocycles. The first-order valence-corrected chi connectivity index (χ1v) is 6.73. The molecule has 0 bridgehead atoms. The lowest BCUT2D eigenvalue weighted by atomic mass is 10.2. The van der Waals surface area contributed by atoms with Gasteiger partial charge in [0.25, 0.3) is 5.91 Å². The maximum atomic E-state index is 12.2. The highest BCUT2D eigenvalue weighted by Crippen LogP contribution is 2.27. The van der Waals surface area contributed by atoms with Gasteiger partial charge in [-0.25, -0.2) is 0 Å². The predicted molar refractivity (Wildman–Crippen MR) is 83.0 cm³/mol. The van der Waals surface area contributed by atoms with E-state index < -0.39 is 16.9 Å². The van der Waals surface area contributed by atoms with Gasteiger partial charge in [0.15, 0.2) is 11.9 Å². The van der Waals surface area contributed by atoms with E-state index in [0.29, 0.717) is 11.3 Å². The number of nitro benzene ring substituents is 1. The summed E-state index contributed by atoms with van der Waals surface area (Å²) in [6.07, 6.45) is -0.970. The summed E-state index contributed by atoms with van der Waals surface area (Å²) in [5.41, 5.74) is 0.460. The van der Waals surface area contributed by atoms with E-state index >= 15 is 0 Å². The van der Waals surface area contributed by atoms with Gasteiger partial charge in [-0.1, -0.05) is 24.3 Å². The minimum absolute atomic E-state index is 0.00807. The SMILES string of the molecule is CC(Oc1ccccc1[N+](=O)[O-])C(=O)Nc1ccccc1C#N. The number of carbonyl (C=O) groups is 1. The number of nitrogens with zero attached hydrogens (tertiary/aromatic N) is 2. The number of anilines is 1. The second-order valence-corrected chi connectivity index (χ2v) is 4.63. The molecular formula is C16H13N3O4. The van der Waals surface area contributed by atoms with Crippen molar-refractivity contribution in [1.29, 1.82) is 5.26 Å². The molecule has 1 unspecified atom stereocenters. The van der Waals surface area contributed by atoms with Gasteiger partial charge in [-0.15, -0.1) is 0 Å². The van der Waals surface area contributed by atoms with Crippen LogP contribution in [0, 0.1) is 21.4 Å². The molecule has 0 spiro atoms. The van der Waals surface area contributed by atoms with Crippen molar-refractivity contribution in [3.05, 3.63) is 64.2 Å². The van der Waals surface area contributed by atoms with Crippen molar-refractivity contribution in [1.82, 2.24) is 0 Å². The van der Waals surface area contributed by atoms with E-state index in [2.05, 4.69) is 5.32 Å². The normalized spacial score (nSPS) is 11.1. The smallest absolute Gasteiger partial charge is 0.310 e. The van der Waals surface area contributed by atoms with Crippen LogP contribution in [0.15, 0.2) is 48.5 Å². The Hall–Kier alpha value is -3.40. The summed E-state index contributed by atoms with van der Waals surface area (Å²) in [7, 11) is 0. The second kappa shape index (κ2) is 7.04. The first-order chi connectivity index (χ1) is 11.0. The molecule has 0 aliphatic rings. The zero-order valence-corrected chi connectivity index (χ0v) is 12.2. The third kappa shape index (κ3) is 3.83. The first-order valence-electron chi connectivity index (χ1n) is 6.73. The van der Waals surface area contributed by atoms with Gasteiger partial charge in [-0.05, 0) is 25.1 Å². The van der Waals surface area contributed by atoms with E-state index in [0.717, 1.165) is 0 Å². The van der Waals surface area contributed by atoms with Crippen LogP contribution in [0.4, 0.5) is 11.4 Å². The summed E-state index contributed by atoms with van der Waals surface area (Å²) in [5, 5.41) is 22.5. The molecule has 1 amide bonds. The summed E-state index contributed by atoms with van der Waals surface area (Å²) >= 11 is 0. The van der Waals surface area contributed by atoms with Crippen molar-refractivity contribution in [2.45, 2.75) is 13.0 Å². The molecular weight excluding hydrogens is 298 g/mol. The number of nitrogens with one attached hydrogen (secondary N) is 1. The number of benzene rings is 2. The van der Waals surface area contributed by atoms with Crippen LogP contribution in [-0.2, 0) is 4.79 Å². The number of ether oxygens (including phenoxy) is 1. The lowest BCUT2D eigenvalue weighted by Gasteiger charge is -2.15. The van der Waals surface area contributed by atoms with Crippen LogP contribution in [0.3, 0.4) is 0 Å².